The maximum Gasteiger partial charge on any atom is 0.141 e. The molecule has 0 radical (unpaired) electrons. The first kappa shape index (κ1) is 15.3. The van der Waals surface area contributed by atoms with E-state index in [1.165, 1.54) is 38.5 Å². The first-order valence-electron chi connectivity index (χ1n) is 8.09. The van der Waals surface area contributed by atoms with Gasteiger partial charge >= 0.3 is 0 Å². The Morgan fingerprint density at radius 1 is 1.30 bits per heavy atom. The van der Waals surface area contributed by atoms with Crippen LogP contribution in [0.4, 0.5) is 0 Å². The summed E-state index contributed by atoms with van der Waals surface area (Å²) in [6.07, 6.45) is 11.1. The van der Waals surface area contributed by atoms with Crippen molar-refractivity contribution >= 4 is 0 Å². The Kier molecular flexibility index (Phi) is 6.31. The molecule has 112 valence electrons. The van der Waals surface area contributed by atoms with E-state index in [1.54, 1.807) is 7.11 Å². The predicted molar refractivity (Wildman–Crippen MR) is 83.0 cm³/mol. The third-order valence-electron chi connectivity index (χ3n) is 4.30. The summed E-state index contributed by atoms with van der Waals surface area (Å²) in [5.41, 5.74) is 1.09. The molecule has 2 rings (SSSR count). The largest absolute Gasteiger partial charge is 0.495 e. The fourth-order valence-electron chi connectivity index (χ4n) is 3.24. The van der Waals surface area contributed by atoms with Crippen molar-refractivity contribution < 1.29 is 4.74 Å². The van der Waals surface area contributed by atoms with E-state index >= 15 is 0 Å². The van der Waals surface area contributed by atoms with E-state index in [0.29, 0.717) is 12.0 Å². The number of nitrogens with one attached hydrogen (secondary N) is 1. The number of hydrogen-bond donors (Lipinski definition) is 1. The quantitative estimate of drug-likeness (QED) is 0.794. The van der Waals surface area contributed by atoms with Crippen LogP contribution < -0.4 is 10.1 Å². The smallest absolute Gasteiger partial charge is 0.141 e. The van der Waals surface area contributed by atoms with Gasteiger partial charge in [-0.3, -0.25) is 4.98 Å². The lowest BCUT2D eigenvalue weighted by molar-refractivity contribution is 0.306. The molecule has 0 bridgehead atoms. The Bertz CT molecular complexity index is 386. The van der Waals surface area contributed by atoms with Crippen LogP contribution in [-0.4, -0.2) is 18.6 Å². The zero-order chi connectivity index (χ0) is 14.2. The van der Waals surface area contributed by atoms with Gasteiger partial charge in [0.15, 0.2) is 0 Å². The minimum atomic E-state index is 0.337. The molecular weight excluding hydrogens is 248 g/mol. The molecule has 1 saturated carbocycles. The van der Waals surface area contributed by atoms with Crippen molar-refractivity contribution in [1.29, 1.82) is 0 Å². The van der Waals surface area contributed by atoms with Gasteiger partial charge in [0.05, 0.1) is 18.8 Å². The van der Waals surface area contributed by atoms with Crippen molar-refractivity contribution in [1.82, 2.24) is 10.3 Å². The number of methoxy groups -OCH3 is 1. The third kappa shape index (κ3) is 3.95. The molecule has 0 amide bonds. The van der Waals surface area contributed by atoms with Gasteiger partial charge in [0.25, 0.3) is 0 Å². The van der Waals surface area contributed by atoms with E-state index in [9.17, 15) is 0 Å². The van der Waals surface area contributed by atoms with Crippen LogP contribution in [0.1, 0.15) is 63.6 Å². The van der Waals surface area contributed by atoms with Crippen molar-refractivity contribution in [3.05, 3.63) is 24.0 Å². The van der Waals surface area contributed by atoms with Gasteiger partial charge in [0.2, 0.25) is 0 Å². The first-order chi connectivity index (χ1) is 9.86. The Labute approximate surface area is 123 Å². The molecule has 1 aromatic heterocycles. The van der Waals surface area contributed by atoms with Gasteiger partial charge < -0.3 is 10.1 Å². The van der Waals surface area contributed by atoms with Crippen LogP contribution in [0.15, 0.2) is 18.3 Å². The zero-order valence-electron chi connectivity index (χ0n) is 12.9. The lowest BCUT2D eigenvalue weighted by atomic mass is 9.89. The molecule has 0 aromatic carbocycles. The summed E-state index contributed by atoms with van der Waals surface area (Å²) in [6, 6.07) is 4.32. The maximum absolute atomic E-state index is 5.53. The van der Waals surface area contributed by atoms with Crippen LogP contribution in [0.3, 0.4) is 0 Å². The van der Waals surface area contributed by atoms with E-state index in [-0.39, 0.29) is 0 Å². The van der Waals surface area contributed by atoms with Crippen molar-refractivity contribution in [3.8, 4) is 5.75 Å². The van der Waals surface area contributed by atoms with Crippen LogP contribution in [0, 0.1) is 5.92 Å². The van der Waals surface area contributed by atoms with E-state index in [4.69, 9.17) is 4.74 Å². The molecule has 20 heavy (non-hydrogen) atoms. The Balaban J connectivity index is 2.20. The van der Waals surface area contributed by atoms with Gasteiger partial charge in [-0.15, -0.1) is 0 Å². The predicted octanol–water partition coefficient (Wildman–Crippen LogP) is 4.10. The second kappa shape index (κ2) is 8.25. The Morgan fingerprint density at radius 3 is 2.70 bits per heavy atom. The molecule has 1 N–H and O–H groups in total. The molecule has 1 aromatic rings. The number of pyridine rings is 1. The molecule has 3 heteroatoms. The average Bonchev–Trinajstić information content (AvgIpc) is 2.77. The fourth-order valence-corrected chi connectivity index (χ4v) is 3.24. The molecule has 1 unspecified atom stereocenters. The molecule has 0 saturated heterocycles. The highest BCUT2D eigenvalue weighted by Crippen LogP contribution is 2.36. The van der Waals surface area contributed by atoms with Gasteiger partial charge in [-0.05, 0) is 43.9 Å². The summed E-state index contributed by atoms with van der Waals surface area (Å²) < 4.78 is 5.53. The minimum Gasteiger partial charge on any atom is -0.495 e. The van der Waals surface area contributed by atoms with Gasteiger partial charge in [-0.2, -0.15) is 0 Å². The summed E-state index contributed by atoms with van der Waals surface area (Å²) >= 11 is 0. The molecule has 1 atom stereocenters. The Morgan fingerprint density at radius 2 is 2.05 bits per heavy atom. The number of aromatic nitrogens is 1. The third-order valence-corrected chi connectivity index (χ3v) is 4.30. The van der Waals surface area contributed by atoms with Crippen molar-refractivity contribution in [2.75, 3.05) is 13.7 Å². The van der Waals surface area contributed by atoms with Gasteiger partial charge in [0, 0.05) is 6.20 Å². The zero-order valence-corrected chi connectivity index (χ0v) is 12.9. The number of rotatable bonds is 6. The van der Waals surface area contributed by atoms with Crippen LogP contribution in [0.5, 0.6) is 5.75 Å². The van der Waals surface area contributed by atoms with Gasteiger partial charge in [-0.25, -0.2) is 0 Å². The highest BCUT2D eigenvalue weighted by atomic mass is 16.5. The maximum atomic E-state index is 5.53. The monoisotopic (exact) mass is 276 g/mol. The van der Waals surface area contributed by atoms with E-state index in [0.717, 1.165) is 24.4 Å². The van der Waals surface area contributed by atoms with Gasteiger partial charge in [-0.1, -0.05) is 32.6 Å². The van der Waals surface area contributed by atoms with Crippen LogP contribution >= 0.6 is 0 Å². The SMILES string of the molecule is CCCNC(c1ncccc1OC)C1CCCCCC1. The topological polar surface area (TPSA) is 34.2 Å². The highest BCUT2D eigenvalue weighted by molar-refractivity contribution is 5.30. The second-order valence-electron chi connectivity index (χ2n) is 5.77. The summed E-state index contributed by atoms with van der Waals surface area (Å²) in [4.78, 5) is 4.62. The van der Waals surface area contributed by atoms with E-state index in [2.05, 4.69) is 17.2 Å². The second-order valence-corrected chi connectivity index (χ2v) is 5.77. The number of ether oxygens (including phenoxy) is 1. The van der Waals surface area contributed by atoms with E-state index in [1.807, 2.05) is 18.3 Å². The lowest BCUT2D eigenvalue weighted by Gasteiger charge is -2.28. The van der Waals surface area contributed by atoms with Crippen LogP contribution in [0.25, 0.3) is 0 Å². The van der Waals surface area contributed by atoms with Crippen LogP contribution in [0.2, 0.25) is 0 Å². The highest BCUT2D eigenvalue weighted by Gasteiger charge is 2.27. The number of hydrogen-bond acceptors (Lipinski definition) is 3. The summed E-state index contributed by atoms with van der Waals surface area (Å²) in [5.74, 6) is 1.61. The normalized spacial score (nSPS) is 18.5. The average molecular weight is 276 g/mol. The lowest BCUT2D eigenvalue weighted by Crippen LogP contribution is -2.30. The van der Waals surface area contributed by atoms with Crippen LogP contribution in [-0.2, 0) is 0 Å². The molecule has 0 spiro atoms. The van der Waals surface area contributed by atoms with Gasteiger partial charge in [0.1, 0.15) is 5.75 Å². The van der Waals surface area contributed by atoms with Crippen molar-refractivity contribution in [2.45, 2.75) is 57.9 Å². The molecular formula is C17H28N2O. The molecule has 1 heterocycles. The summed E-state index contributed by atoms with van der Waals surface area (Å²) in [5, 5.41) is 3.72. The molecule has 0 aliphatic heterocycles. The fraction of sp³-hybridized carbons (Fsp3) is 0.706. The molecule has 1 fully saturated rings. The first-order valence-corrected chi connectivity index (χ1v) is 8.09. The molecule has 1 aliphatic carbocycles. The van der Waals surface area contributed by atoms with E-state index < -0.39 is 0 Å². The van der Waals surface area contributed by atoms with Crippen molar-refractivity contribution in [2.24, 2.45) is 5.92 Å². The minimum absolute atomic E-state index is 0.337. The Hall–Kier alpha value is -1.09. The van der Waals surface area contributed by atoms with Crippen molar-refractivity contribution in [3.63, 3.8) is 0 Å². The molecule has 1 aliphatic rings. The molecule has 3 nitrogen and oxygen atoms in total. The standard InChI is InChI=1S/C17H28N2O/c1-3-12-18-16(14-9-6-4-5-7-10-14)17-15(20-2)11-8-13-19-17/h8,11,13-14,16,18H,3-7,9-10,12H2,1-2H3. The summed E-state index contributed by atoms with van der Waals surface area (Å²) in [7, 11) is 1.74. The summed E-state index contributed by atoms with van der Waals surface area (Å²) in [6.45, 7) is 3.26. The number of nitrogens with zero attached hydrogens (tertiary/aromatic N) is 1.